The monoisotopic (exact) mass is 273 g/mol. The minimum atomic E-state index is 0.644. The van der Waals surface area contributed by atoms with Gasteiger partial charge in [-0.05, 0) is 16.7 Å². The first kappa shape index (κ1) is 12.8. The van der Waals surface area contributed by atoms with Crippen LogP contribution in [0.4, 0.5) is 0 Å². The van der Waals surface area contributed by atoms with E-state index in [2.05, 4.69) is 68.0 Å². The Balaban J connectivity index is 1.80. The summed E-state index contributed by atoms with van der Waals surface area (Å²) < 4.78 is 0. The van der Waals surface area contributed by atoms with Crippen LogP contribution in [0.15, 0.2) is 60.2 Å². The fraction of sp³-hybridized carbons (Fsp3) is 0.286. The molecule has 0 aromatic heterocycles. The van der Waals surface area contributed by atoms with E-state index < -0.39 is 0 Å². The molecule has 2 atom stereocenters. The molecule has 2 aromatic rings. The summed E-state index contributed by atoms with van der Waals surface area (Å²) in [5.41, 5.74) is 4.60. The Kier molecular flexibility index (Phi) is 3.11. The summed E-state index contributed by atoms with van der Waals surface area (Å²) in [5.74, 6) is 1.51. The van der Waals surface area contributed by atoms with Crippen molar-refractivity contribution in [2.75, 3.05) is 0 Å². The van der Waals surface area contributed by atoms with E-state index in [1.807, 2.05) is 0 Å². The number of hydrogen-bond donors (Lipinski definition) is 0. The highest BCUT2D eigenvalue weighted by atomic mass is 14.4. The predicted octanol–water partition coefficient (Wildman–Crippen LogP) is 5.80. The Hall–Kier alpha value is -1.95. The number of benzene rings is 2. The second-order valence-electron chi connectivity index (χ2n) is 6.35. The van der Waals surface area contributed by atoms with E-state index in [-0.39, 0.29) is 0 Å². The lowest BCUT2D eigenvalue weighted by molar-refractivity contribution is 0.519. The lowest BCUT2D eigenvalue weighted by Crippen LogP contribution is -2.05. The van der Waals surface area contributed by atoms with Gasteiger partial charge in [0.25, 0.3) is 0 Å². The van der Waals surface area contributed by atoms with Crippen LogP contribution in [0.3, 0.4) is 0 Å². The molecule has 0 heteroatoms. The van der Waals surface area contributed by atoms with Crippen molar-refractivity contribution in [2.24, 2.45) is 11.8 Å². The molecule has 0 saturated heterocycles. The SMILES string of the molecule is CCC1CC2=C[CH-]C=C(c3cccc4ccccc34)C2C1. The van der Waals surface area contributed by atoms with Crippen molar-refractivity contribution in [3.63, 3.8) is 0 Å². The number of allylic oxidation sites excluding steroid dienone is 4. The van der Waals surface area contributed by atoms with Crippen molar-refractivity contribution in [1.29, 1.82) is 0 Å². The van der Waals surface area contributed by atoms with Gasteiger partial charge in [-0.1, -0.05) is 80.1 Å². The van der Waals surface area contributed by atoms with Crippen molar-refractivity contribution in [3.8, 4) is 0 Å². The summed E-state index contributed by atoms with van der Waals surface area (Å²) in [5, 5.41) is 2.73. The molecular weight excluding hydrogens is 252 g/mol. The average molecular weight is 273 g/mol. The first-order valence-corrected chi connectivity index (χ1v) is 8.09. The van der Waals surface area contributed by atoms with Crippen LogP contribution in [-0.2, 0) is 0 Å². The Morgan fingerprint density at radius 2 is 1.90 bits per heavy atom. The lowest BCUT2D eigenvalue weighted by Gasteiger charge is -2.30. The van der Waals surface area contributed by atoms with E-state index >= 15 is 0 Å². The number of rotatable bonds is 2. The molecule has 0 aliphatic heterocycles. The van der Waals surface area contributed by atoms with Crippen LogP contribution in [-0.4, -0.2) is 0 Å². The van der Waals surface area contributed by atoms with Crippen LogP contribution in [0.25, 0.3) is 16.3 Å². The fourth-order valence-corrected chi connectivity index (χ4v) is 4.01. The van der Waals surface area contributed by atoms with Gasteiger partial charge in [0.1, 0.15) is 0 Å². The summed E-state index contributed by atoms with van der Waals surface area (Å²) in [6, 6.07) is 15.5. The Labute approximate surface area is 127 Å². The predicted molar refractivity (Wildman–Crippen MR) is 90.8 cm³/mol. The van der Waals surface area contributed by atoms with E-state index in [9.17, 15) is 0 Å². The fourth-order valence-electron chi connectivity index (χ4n) is 4.01. The number of hydrogen-bond acceptors (Lipinski definition) is 0. The van der Waals surface area contributed by atoms with Gasteiger partial charge in [-0.25, -0.2) is 0 Å². The molecule has 0 amide bonds. The largest absolute Gasteiger partial charge is 0.173 e. The van der Waals surface area contributed by atoms with Gasteiger partial charge in [0.2, 0.25) is 0 Å². The van der Waals surface area contributed by atoms with Gasteiger partial charge in [-0.3, -0.25) is 0 Å². The Morgan fingerprint density at radius 1 is 1.05 bits per heavy atom. The van der Waals surface area contributed by atoms with Crippen molar-refractivity contribution in [2.45, 2.75) is 26.2 Å². The molecule has 0 heterocycles. The van der Waals surface area contributed by atoms with Gasteiger partial charge in [0, 0.05) is 0 Å². The normalized spacial score (nSPS) is 24.2. The number of fused-ring (bicyclic) bond motifs is 2. The molecule has 0 bridgehead atoms. The standard InChI is InChI=1S/C21H21/c1-2-15-13-17-9-6-12-20(21(17)14-15)19-11-5-8-16-7-3-4-10-18(16)19/h3-12,15,21H,2,13-14H2,1H3/q-1. The molecule has 2 aliphatic carbocycles. The summed E-state index contributed by atoms with van der Waals surface area (Å²) >= 11 is 0. The molecule has 2 aromatic carbocycles. The maximum absolute atomic E-state index is 2.36. The zero-order valence-corrected chi connectivity index (χ0v) is 12.5. The highest BCUT2D eigenvalue weighted by Crippen LogP contribution is 2.47. The van der Waals surface area contributed by atoms with Crippen LogP contribution >= 0.6 is 0 Å². The third-order valence-electron chi connectivity index (χ3n) is 5.18. The van der Waals surface area contributed by atoms with Crippen molar-refractivity contribution < 1.29 is 0 Å². The van der Waals surface area contributed by atoms with E-state index in [1.165, 1.54) is 41.2 Å². The molecule has 4 rings (SSSR count). The second-order valence-corrected chi connectivity index (χ2v) is 6.35. The molecule has 21 heavy (non-hydrogen) atoms. The molecule has 0 radical (unpaired) electrons. The third-order valence-corrected chi connectivity index (χ3v) is 5.18. The molecule has 0 N–H and O–H groups in total. The van der Waals surface area contributed by atoms with Crippen molar-refractivity contribution in [3.05, 3.63) is 72.2 Å². The van der Waals surface area contributed by atoms with Crippen molar-refractivity contribution in [1.82, 2.24) is 0 Å². The van der Waals surface area contributed by atoms with Gasteiger partial charge in [0.05, 0.1) is 0 Å². The highest BCUT2D eigenvalue weighted by molar-refractivity contribution is 5.95. The quantitative estimate of drug-likeness (QED) is 0.606. The molecule has 2 aliphatic rings. The van der Waals surface area contributed by atoms with Crippen LogP contribution in [0.2, 0.25) is 0 Å². The smallest absolute Gasteiger partial charge is 0.0189 e. The summed E-state index contributed by atoms with van der Waals surface area (Å²) in [6.45, 7) is 2.33. The molecule has 1 saturated carbocycles. The Bertz CT molecular complexity index is 727. The summed E-state index contributed by atoms with van der Waals surface area (Å²) in [6.07, 6.45) is 10.9. The minimum absolute atomic E-state index is 0.644. The molecule has 106 valence electrons. The maximum atomic E-state index is 2.36. The molecule has 0 nitrogen and oxygen atoms in total. The summed E-state index contributed by atoms with van der Waals surface area (Å²) in [7, 11) is 0. The highest BCUT2D eigenvalue weighted by Gasteiger charge is 2.26. The van der Waals surface area contributed by atoms with Crippen LogP contribution in [0, 0.1) is 18.3 Å². The van der Waals surface area contributed by atoms with Crippen LogP contribution < -0.4 is 0 Å². The van der Waals surface area contributed by atoms with E-state index in [0.717, 1.165) is 5.92 Å². The summed E-state index contributed by atoms with van der Waals surface area (Å²) in [4.78, 5) is 0. The van der Waals surface area contributed by atoms with E-state index in [0.29, 0.717) is 5.92 Å². The molecule has 2 unspecified atom stereocenters. The topological polar surface area (TPSA) is 0 Å². The Morgan fingerprint density at radius 3 is 2.81 bits per heavy atom. The van der Waals surface area contributed by atoms with Crippen LogP contribution in [0.5, 0.6) is 0 Å². The minimum Gasteiger partial charge on any atom is -0.173 e. The van der Waals surface area contributed by atoms with Gasteiger partial charge in [-0.15, -0.1) is 5.57 Å². The average Bonchev–Trinajstić information content (AvgIpc) is 2.97. The first-order valence-electron chi connectivity index (χ1n) is 8.09. The zero-order chi connectivity index (χ0) is 14.2. The first-order chi connectivity index (χ1) is 10.4. The molecular formula is C21H21-. The van der Waals surface area contributed by atoms with Gasteiger partial charge in [-0.2, -0.15) is 24.1 Å². The van der Waals surface area contributed by atoms with Gasteiger partial charge >= 0.3 is 0 Å². The second kappa shape index (κ2) is 5.11. The van der Waals surface area contributed by atoms with Crippen molar-refractivity contribution >= 4 is 16.3 Å². The van der Waals surface area contributed by atoms with Crippen LogP contribution in [0.1, 0.15) is 31.7 Å². The lowest BCUT2D eigenvalue weighted by atomic mass is 9.82. The molecule has 1 fully saturated rings. The van der Waals surface area contributed by atoms with Gasteiger partial charge in [0.15, 0.2) is 0 Å². The maximum Gasteiger partial charge on any atom is -0.0189 e. The van der Waals surface area contributed by atoms with E-state index in [1.54, 1.807) is 5.57 Å². The molecule has 0 spiro atoms. The van der Waals surface area contributed by atoms with Gasteiger partial charge < -0.3 is 0 Å². The third kappa shape index (κ3) is 2.10. The van der Waals surface area contributed by atoms with E-state index in [4.69, 9.17) is 0 Å². The zero-order valence-electron chi connectivity index (χ0n) is 12.5.